The molecule has 5 nitrogen and oxygen atoms in total. The molecule has 2 N–H and O–H groups in total. The topological polar surface area (TPSA) is 75.6 Å². The molecular weight excluding hydrogens is 282 g/mol. The summed E-state index contributed by atoms with van der Waals surface area (Å²) in [4.78, 5) is 22.3. The van der Waals surface area contributed by atoms with E-state index in [-0.39, 0.29) is 12.5 Å². The molecule has 0 atom stereocenters. The van der Waals surface area contributed by atoms with Gasteiger partial charge in [0.25, 0.3) is 0 Å². The van der Waals surface area contributed by atoms with E-state index < -0.39 is 5.97 Å². The van der Waals surface area contributed by atoms with Gasteiger partial charge in [0.2, 0.25) is 5.91 Å². The van der Waals surface area contributed by atoms with Gasteiger partial charge in [-0.25, -0.2) is 4.79 Å². The summed E-state index contributed by atoms with van der Waals surface area (Å²) in [6.45, 7) is -0.368. The first-order valence-electron chi connectivity index (χ1n) is 7.88. The molecule has 1 aromatic rings. The Bertz CT molecular complexity index is 492. The average molecular weight is 305 g/mol. The summed E-state index contributed by atoms with van der Waals surface area (Å²) in [5.41, 5.74) is 0.702. The van der Waals surface area contributed by atoms with Crippen molar-refractivity contribution in [2.24, 2.45) is 5.92 Å². The number of benzene rings is 1. The van der Waals surface area contributed by atoms with Crippen molar-refractivity contribution in [2.45, 2.75) is 44.9 Å². The van der Waals surface area contributed by atoms with Gasteiger partial charge in [0, 0.05) is 12.1 Å². The summed E-state index contributed by atoms with van der Waals surface area (Å²) in [7, 11) is 0. The Hall–Kier alpha value is -2.04. The van der Waals surface area contributed by atoms with E-state index in [2.05, 4.69) is 5.32 Å². The zero-order chi connectivity index (χ0) is 15.8. The van der Waals surface area contributed by atoms with Gasteiger partial charge in [-0.1, -0.05) is 25.7 Å². The lowest BCUT2D eigenvalue weighted by atomic mass is 10.0. The fourth-order valence-corrected chi connectivity index (χ4v) is 2.85. The van der Waals surface area contributed by atoms with Crippen LogP contribution >= 0.6 is 0 Å². The number of nitrogens with one attached hydrogen (secondary N) is 1. The molecule has 0 unspecified atom stereocenters. The van der Waals surface area contributed by atoms with Gasteiger partial charge in [-0.05, 0) is 43.0 Å². The molecule has 22 heavy (non-hydrogen) atoms. The number of rotatable bonds is 8. The number of carboxylic acids is 1. The molecule has 1 aliphatic carbocycles. The van der Waals surface area contributed by atoms with Crippen LogP contribution in [0.3, 0.4) is 0 Å². The highest BCUT2D eigenvalue weighted by atomic mass is 16.5. The van der Waals surface area contributed by atoms with Crippen LogP contribution < -0.4 is 10.1 Å². The maximum atomic E-state index is 11.9. The summed E-state index contributed by atoms with van der Waals surface area (Å²) in [6.07, 6.45) is 7.96. The Kier molecular flexibility index (Phi) is 6.25. The molecule has 2 rings (SSSR count). The molecule has 0 saturated heterocycles. The number of amides is 1. The van der Waals surface area contributed by atoms with Crippen molar-refractivity contribution in [2.75, 3.05) is 11.9 Å². The van der Waals surface area contributed by atoms with E-state index in [1.807, 2.05) is 0 Å². The third-order valence-corrected chi connectivity index (χ3v) is 3.99. The second-order valence-electron chi connectivity index (χ2n) is 5.80. The minimum absolute atomic E-state index is 0.0252. The lowest BCUT2D eigenvalue weighted by molar-refractivity contribution is -0.139. The second kappa shape index (κ2) is 8.41. The molecule has 1 aliphatic rings. The number of carbonyl (C=O) groups excluding carboxylic acids is 1. The van der Waals surface area contributed by atoms with Crippen molar-refractivity contribution < 1.29 is 19.4 Å². The first-order chi connectivity index (χ1) is 10.6. The minimum Gasteiger partial charge on any atom is -0.482 e. The molecule has 120 valence electrons. The molecular formula is C17H23NO4. The molecule has 1 saturated carbocycles. The van der Waals surface area contributed by atoms with E-state index in [0.29, 0.717) is 17.9 Å². The molecule has 1 fully saturated rings. The average Bonchev–Trinajstić information content (AvgIpc) is 3.00. The van der Waals surface area contributed by atoms with E-state index in [9.17, 15) is 9.59 Å². The van der Waals surface area contributed by atoms with Gasteiger partial charge in [0.05, 0.1) is 0 Å². The molecule has 0 radical (unpaired) electrons. The Morgan fingerprint density at radius 2 is 1.86 bits per heavy atom. The van der Waals surface area contributed by atoms with E-state index in [1.165, 1.54) is 25.7 Å². The maximum Gasteiger partial charge on any atom is 0.341 e. The van der Waals surface area contributed by atoms with Gasteiger partial charge in [-0.2, -0.15) is 0 Å². The van der Waals surface area contributed by atoms with Crippen LogP contribution in [-0.2, 0) is 9.59 Å². The third kappa shape index (κ3) is 5.76. The van der Waals surface area contributed by atoms with Crippen LogP contribution in [0.2, 0.25) is 0 Å². The summed E-state index contributed by atoms with van der Waals surface area (Å²) in [6, 6.07) is 6.73. The lowest BCUT2D eigenvalue weighted by Gasteiger charge is -2.09. The van der Waals surface area contributed by atoms with Crippen LogP contribution in [0.5, 0.6) is 5.75 Å². The zero-order valence-electron chi connectivity index (χ0n) is 12.7. The molecule has 0 aromatic heterocycles. The maximum absolute atomic E-state index is 11.9. The molecule has 1 amide bonds. The normalized spacial score (nSPS) is 14.7. The number of carbonyl (C=O) groups is 2. The number of hydrogen-bond acceptors (Lipinski definition) is 3. The number of hydrogen-bond donors (Lipinski definition) is 2. The third-order valence-electron chi connectivity index (χ3n) is 3.99. The van der Waals surface area contributed by atoms with Crippen LogP contribution in [0.4, 0.5) is 5.69 Å². The highest BCUT2D eigenvalue weighted by Gasteiger charge is 2.14. The highest BCUT2D eigenvalue weighted by molar-refractivity contribution is 5.90. The van der Waals surface area contributed by atoms with E-state index in [1.54, 1.807) is 24.3 Å². The molecule has 0 aliphatic heterocycles. The van der Waals surface area contributed by atoms with Gasteiger partial charge in [0.1, 0.15) is 5.75 Å². The predicted molar refractivity (Wildman–Crippen MR) is 84.0 cm³/mol. The molecule has 0 heterocycles. The largest absolute Gasteiger partial charge is 0.482 e. The van der Waals surface area contributed by atoms with Crippen molar-refractivity contribution in [3.63, 3.8) is 0 Å². The van der Waals surface area contributed by atoms with Crippen molar-refractivity contribution in [3.8, 4) is 5.75 Å². The number of ether oxygens (including phenoxy) is 1. The zero-order valence-corrected chi connectivity index (χ0v) is 12.7. The smallest absolute Gasteiger partial charge is 0.341 e. The number of carboxylic acid groups (broad SMARTS) is 1. The Morgan fingerprint density at radius 1 is 1.18 bits per heavy atom. The predicted octanol–water partition coefficient (Wildman–Crippen LogP) is 3.45. The number of aliphatic carboxylic acids is 1. The van der Waals surface area contributed by atoms with E-state index in [4.69, 9.17) is 9.84 Å². The van der Waals surface area contributed by atoms with Crippen molar-refractivity contribution in [3.05, 3.63) is 24.3 Å². The monoisotopic (exact) mass is 305 g/mol. The summed E-state index contributed by atoms with van der Waals surface area (Å²) >= 11 is 0. The quantitative estimate of drug-likeness (QED) is 0.771. The number of anilines is 1. The first kappa shape index (κ1) is 16.3. The van der Waals surface area contributed by atoms with Gasteiger partial charge >= 0.3 is 5.97 Å². The van der Waals surface area contributed by atoms with Crippen LogP contribution in [0.25, 0.3) is 0 Å². The Labute approximate surface area is 130 Å². The summed E-state index contributed by atoms with van der Waals surface area (Å²) in [5, 5.41) is 11.4. The second-order valence-corrected chi connectivity index (χ2v) is 5.80. The standard InChI is InChI=1S/C17H23NO4/c19-16(7-3-6-13-4-1-2-5-13)18-14-8-10-15(11-9-14)22-12-17(20)21/h8-11,13H,1-7,12H2,(H,18,19)(H,20,21). The molecule has 1 aromatic carbocycles. The van der Waals surface area contributed by atoms with Gasteiger partial charge in [0.15, 0.2) is 6.61 Å². The van der Waals surface area contributed by atoms with Crippen molar-refractivity contribution in [1.82, 2.24) is 0 Å². The Balaban J connectivity index is 1.68. The minimum atomic E-state index is -1.01. The van der Waals surface area contributed by atoms with Crippen LogP contribution in [0, 0.1) is 5.92 Å². The van der Waals surface area contributed by atoms with Gasteiger partial charge in [-0.3, -0.25) is 4.79 Å². The summed E-state index contributed by atoms with van der Waals surface area (Å²) in [5.74, 6) is 0.303. The van der Waals surface area contributed by atoms with E-state index >= 15 is 0 Å². The highest BCUT2D eigenvalue weighted by Crippen LogP contribution is 2.29. The molecule has 5 heteroatoms. The van der Waals surface area contributed by atoms with Gasteiger partial charge < -0.3 is 15.2 Å². The van der Waals surface area contributed by atoms with Crippen molar-refractivity contribution in [1.29, 1.82) is 0 Å². The van der Waals surface area contributed by atoms with Crippen molar-refractivity contribution >= 4 is 17.6 Å². The van der Waals surface area contributed by atoms with Gasteiger partial charge in [-0.15, -0.1) is 0 Å². The summed E-state index contributed by atoms with van der Waals surface area (Å²) < 4.78 is 5.04. The van der Waals surface area contributed by atoms with Crippen LogP contribution in [-0.4, -0.2) is 23.6 Å². The molecule has 0 bridgehead atoms. The SMILES string of the molecule is O=C(O)COc1ccc(NC(=O)CCCC2CCCC2)cc1. The van der Waals surface area contributed by atoms with Crippen LogP contribution in [0.1, 0.15) is 44.9 Å². The Morgan fingerprint density at radius 3 is 2.50 bits per heavy atom. The fraction of sp³-hybridized carbons (Fsp3) is 0.529. The van der Waals surface area contributed by atoms with Crippen LogP contribution in [0.15, 0.2) is 24.3 Å². The lowest BCUT2D eigenvalue weighted by Crippen LogP contribution is -2.12. The fourth-order valence-electron chi connectivity index (χ4n) is 2.85. The van der Waals surface area contributed by atoms with E-state index in [0.717, 1.165) is 18.8 Å². The molecule has 0 spiro atoms. The first-order valence-corrected chi connectivity index (χ1v) is 7.88.